The smallest absolute Gasteiger partial charge is 0.230 e. The maximum absolute atomic E-state index is 11.8. The van der Waals surface area contributed by atoms with E-state index in [-0.39, 0.29) is 5.91 Å². The van der Waals surface area contributed by atoms with Crippen LogP contribution in [-0.2, 0) is 11.3 Å². The summed E-state index contributed by atoms with van der Waals surface area (Å²) in [5.74, 6) is 0.485. The molecule has 0 atom stereocenters. The highest BCUT2D eigenvalue weighted by Crippen LogP contribution is 2.17. The molecule has 4 heteroatoms. The average molecular weight is 336 g/mol. The van der Waals surface area contributed by atoms with E-state index in [4.69, 9.17) is 0 Å². The topological polar surface area (TPSA) is 29.1 Å². The number of thioether (sulfide) groups is 1. The van der Waals surface area contributed by atoms with Crippen molar-refractivity contribution in [3.05, 3.63) is 64.6 Å². The number of carbonyl (C=O) groups excluding carboxylic acids is 1. The molecule has 0 bridgehead atoms. The van der Waals surface area contributed by atoms with E-state index in [2.05, 4.69) is 21.2 Å². The lowest BCUT2D eigenvalue weighted by atomic mass is 10.2. The van der Waals surface area contributed by atoms with Crippen molar-refractivity contribution in [2.24, 2.45) is 0 Å². The van der Waals surface area contributed by atoms with Gasteiger partial charge in [-0.1, -0.05) is 52.3 Å². The molecule has 0 unspecified atom stereocenters. The predicted molar refractivity (Wildman–Crippen MR) is 83.2 cm³/mol. The van der Waals surface area contributed by atoms with Gasteiger partial charge < -0.3 is 5.32 Å². The number of carbonyl (C=O) groups is 1. The summed E-state index contributed by atoms with van der Waals surface area (Å²) >= 11 is 5.01. The molecule has 1 N–H and O–H groups in total. The maximum atomic E-state index is 11.8. The summed E-state index contributed by atoms with van der Waals surface area (Å²) in [6, 6.07) is 17.8. The zero-order valence-electron chi connectivity index (χ0n) is 10.3. The second-order valence-electron chi connectivity index (χ2n) is 3.97. The van der Waals surface area contributed by atoms with Gasteiger partial charge in [-0.3, -0.25) is 4.79 Å². The number of hydrogen-bond donors (Lipinski definition) is 1. The summed E-state index contributed by atoms with van der Waals surface area (Å²) in [7, 11) is 0. The average Bonchev–Trinajstić information content (AvgIpc) is 2.45. The molecular formula is C15H14BrNOS. The van der Waals surface area contributed by atoms with Crippen LogP contribution in [0.4, 0.5) is 0 Å². The van der Waals surface area contributed by atoms with Crippen LogP contribution in [0.2, 0.25) is 0 Å². The minimum absolute atomic E-state index is 0.0459. The lowest BCUT2D eigenvalue weighted by molar-refractivity contribution is -0.118. The van der Waals surface area contributed by atoms with E-state index < -0.39 is 0 Å². The van der Waals surface area contributed by atoms with Crippen molar-refractivity contribution < 1.29 is 4.79 Å². The van der Waals surface area contributed by atoms with E-state index in [1.165, 1.54) is 0 Å². The highest BCUT2D eigenvalue weighted by Gasteiger charge is 2.04. The van der Waals surface area contributed by atoms with Crippen molar-refractivity contribution in [2.45, 2.75) is 11.4 Å². The minimum atomic E-state index is 0.0459. The Hall–Kier alpha value is -1.26. The molecule has 2 aromatic rings. The van der Waals surface area contributed by atoms with Crippen molar-refractivity contribution in [2.75, 3.05) is 5.75 Å². The van der Waals surface area contributed by atoms with Gasteiger partial charge in [0.25, 0.3) is 0 Å². The van der Waals surface area contributed by atoms with E-state index >= 15 is 0 Å². The van der Waals surface area contributed by atoms with Gasteiger partial charge in [-0.15, -0.1) is 11.8 Å². The van der Waals surface area contributed by atoms with Crippen LogP contribution in [0.3, 0.4) is 0 Å². The van der Waals surface area contributed by atoms with Crippen molar-refractivity contribution >= 4 is 33.6 Å². The van der Waals surface area contributed by atoms with Crippen LogP contribution in [0.15, 0.2) is 64.0 Å². The molecule has 0 fully saturated rings. The molecule has 0 aromatic heterocycles. The molecule has 1 amide bonds. The Morgan fingerprint density at radius 2 is 1.74 bits per heavy atom. The Bertz CT molecular complexity index is 545. The Kier molecular flexibility index (Phi) is 5.48. The van der Waals surface area contributed by atoms with Gasteiger partial charge in [0.05, 0.1) is 5.75 Å². The summed E-state index contributed by atoms with van der Waals surface area (Å²) in [6.07, 6.45) is 0. The number of amides is 1. The first-order valence-corrected chi connectivity index (χ1v) is 7.71. The van der Waals surface area contributed by atoms with Crippen LogP contribution in [-0.4, -0.2) is 11.7 Å². The number of rotatable bonds is 5. The molecule has 0 spiro atoms. The number of nitrogens with one attached hydrogen (secondary N) is 1. The van der Waals surface area contributed by atoms with E-state index in [0.29, 0.717) is 12.3 Å². The fraction of sp³-hybridized carbons (Fsp3) is 0.133. The monoisotopic (exact) mass is 335 g/mol. The van der Waals surface area contributed by atoms with E-state index in [1.54, 1.807) is 11.8 Å². The third kappa shape index (κ3) is 4.73. The molecule has 0 aliphatic rings. The second kappa shape index (κ2) is 7.36. The zero-order valence-corrected chi connectivity index (χ0v) is 12.7. The van der Waals surface area contributed by atoms with Gasteiger partial charge in [-0.2, -0.15) is 0 Å². The molecule has 2 aromatic carbocycles. The van der Waals surface area contributed by atoms with Crippen molar-refractivity contribution in [1.29, 1.82) is 0 Å². The number of benzene rings is 2. The first kappa shape index (κ1) is 14.2. The summed E-state index contributed by atoms with van der Waals surface area (Å²) in [4.78, 5) is 12.9. The quantitative estimate of drug-likeness (QED) is 0.840. The van der Waals surface area contributed by atoms with Gasteiger partial charge in [-0.05, 0) is 23.8 Å². The molecule has 0 heterocycles. The number of hydrogen-bond acceptors (Lipinski definition) is 2. The van der Waals surface area contributed by atoms with Crippen LogP contribution in [0.1, 0.15) is 5.56 Å². The summed E-state index contributed by atoms with van der Waals surface area (Å²) in [5.41, 5.74) is 1.08. The van der Waals surface area contributed by atoms with Crippen LogP contribution < -0.4 is 5.32 Å². The Morgan fingerprint density at radius 3 is 2.47 bits per heavy atom. The van der Waals surface area contributed by atoms with Crippen LogP contribution in [0, 0.1) is 0 Å². The molecule has 19 heavy (non-hydrogen) atoms. The van der Waals surface area contributed by atoms with Crippen molar-refractivity contribution in [3.63, 3.8) is 0 Å². The summed E-state index contributed by atoms with van der Waals surface area (Å²) in [6.45, 7) is 0.551. The lowest BCUT2D eigenvalue weighted by Gasteiger charge is -2.07. The van der Waals surface area contributed by atoms with Crippen molar-refractivity contribution in [1.82, 2.24) is 5.32 Å². The van der Waals surface area contributed by atoms with Gasteiger partial charge >= 0.3 is 0 Å². The molecule has 0 aliphatic heterocycles. The Morgan fingerprint density at radius 1 is 1.05 bits per heavy atom. The number of halogens is 1. The molecule has 2 nitrogen and oxygen atoms in total. The molecule has 0 saturated heterocycles. The van der Waals surface area contributed by atoms with Crippen LogP contribution in [0.25, 0.3) is 0 Å². The van der Waals surface area contributed by atoms with E-state index in [0.717, 1.165) is 14.9 Å². The molecule has 0 saturated carbocycles. The minimum Gasteiger partial charge on any atom is -0.351 e. The summed E-state index contributed by atoms with van der Waals surface area (Å²) in [5, 5.41) is 2.92. The Balaban J connectivity index is 1.78. The van der Waals surface area contributed by atoms with Gasteiger partial charge in [0.15, 0.2) is 0 Å². The lowest BCUT2D eigenvalue weighted by Crippen LogP contribution is -2.24. The van der Waals surface area contributed by atoms with Gasteiger partial charge in [0.2, 0.25) is 5.91 Å². The molecule has 2 rings (SSSR count). The van der Waals surface area contributed by atoms with E-state index in [9.17, 15) is 4.79 Å². The summed E-state index contributed by atoms with van der Waals surface area (Å²) < 4.78 is 1.02. The molecule has 0 aliphatic carbocycles. The fourth-order valence-electron chi connectivity index (χ4n) is 1.55. The van der Waals surface area contributed by atoms with Gasteiger partial charge in [-0.25, -0.2) is 0 Å². The SMILES string of the molecule is O=C(CSc1ccccc1)NCc1ccccc1Br. The van der Waals surface area contributed by atoms with Crippen molar-refractivity contribution in [3.8, 4) is 0 Å². The van der Waals surface area contributed by atoms with Crippen LogP contribution >= 0.6 is 27.7 Å². The maximum Gasteiger partial charge on any atom is 0.230 e. The molecular weight excluding hydrogens is 322 g/mol. The highest BCUT2D eigenvalue weighted by molar-refractivity contribution is 9.10. The normalized spacial score (nSPS) is 10.2. The predicted octanol–water partition coefficient (Wildman–Crippen LogP) is 3.86. The standard InChI is InChI=1S/C15H14BrNOS/c16-14-9-5-4-6-12(14)10-17-15(18)11-19-13-7-2-1-3-8-13/h1-9H,10-11H2,(H,17,18). The second-order valence-corrected chi connectivity index (χ2v) is 5.87. The van der Waals surface area contributed by atoms with Crippen LogP contribution in [0.5, 0.6) is 0 Å². The van der Waals surface area contributed by atoms with E-state index in [1.807, 2.05) is 54.6 Å². The highest BCUT2D eigenvalue weighted by atomic mass is 79.9. The Labute approximate surface area is 125 Å². The zero-order chi connectivity index (χ0) is 13.5. The first-order chi connectivity index (χ1) is 9.25. The third-order valence-corrected chi connectivity index (χ3v) is 4.33. The molecule has 0 radical (unpaired) electrons. The third-order valence-electron chi connectivity index (χ3n) is 2.55. The molecule has 98 valence electrons. The largest absolute Gasteiger partial charge is 0.351 e. The fourth-order valence-corrected chi connectivity index (χ4v) is 2.73. The van der Waals surface area contributed by atoms with Gasteiger partial charge in [0, 0.05) is 15.9 Å². The first-order valence-electron chi connectivity index (χ1n) is 5.93. The van der Waals surface area contributed by atoms with Gasteiger partial charge in [0.1, 0.15) is 0 Å².